The highest BCUT2D eigenvalue weighted by atomic mass is 32.1. The predicted molar refractivity (Wildman–Crippen MR) is 164 cm³/mol. The zero-order valence-electron chi connectivity index (χ0n) is 23.0. The smallest absolute Gasteiger partial charge is 0.229 e. The van der Waals surface area contributed by atoms with E-state index in [0.29, 0.717) is 19.6 Å². The standard InChI is InChI=1S/C33H37N3O3S/c37-33-14-12-27-11-13-28(23-31(27)36(33)25-38-24-26-7-2-1-3-8-26)39-21-5-4-16-34-17-19-35(20-18-34)30-9-6-10-32-29(30)15-22-40-32/h1-3,6-11,13,15,22-23H,4-5,12,14,16-21,24-25H2. The van der Waals surface area contributed by atoms with Gasteiger partial charge < -0.3 is 14.4 Å². The fourth-order valence-corrected chi connectivity index (χ4v) is 6.48. The van der Waals surface area contributed by atoms with Crippen molar-refractivity contribution in [1.82, 2.24) is 4.90 Å². The van der Waals surface area contributed by atoms with Gasteiger partial charge in [0.25, 0.3) is 0 Å². The maximum atomic E-state index is 12.7. The summed E-state index contributed by atoms with van der Waals surface area (Å²) in [5, 5.41) is 3.57. The van der Waals surface area contributed by atoms with Gasteiger partial charge in [-0.3, -0.25) is 14.6 Å². The average molecular weight is 556 g/mol. The van der Waals surface area contributed by atoms with E-state index in [9.17, 15) is 4.79 Å². The second-order valence-corrected chi connectivity index (χ2v) is 11.5. The number of carbonyl (C=O) groups excluding carboxylic acids is 1. The molecule has 1 aromatic heterocycles. The molecule has 3 heterocycles. The number of carbonyl (C=O) groups is 1. The van der Waals surface area contributed by atoms with Crippen molar-refractivity contribution in [3.8, 4) is 5.75 Å². The Hall–Kier alpha value is -3.39. The van der Waals surface area contributed by atoms with Crippen molar-refractivity contribution in [1.29, 1.82) is 0 Å². The molecule has 0 bridgehead atoms. The number of hydrogen-bond donors (Lipinski definition) is 0. The highest BCUT2D eigenvalue weighted by Gasteiger charge is 2.25. The van der Waals surface area contributed by atoms with Crippen molar-refractivity contribution in [3.05, 3.63) is 89.3 Å². The average Bonchev–Trinajstić information content (AvgIpc) is 3.48. The number of fused-ring (bicyclic) bond motifs is 2. The topological polar surface area (TPSA) is 45.2 Å². The molecule has 6 rings (SSSR count). The van der Waals surface area contributed by atoms with Gasteiger partial charge >= 0.3 is 0 Å². The monoisotopic (exact) mass is 555 g/mol. The van der Waals surface area contributed by atoms with Crippen molar-refractivity contribution >= 4 is 38.7 Å². The summed E-state index contributed by atoms with van der Waals surface area (Å²) in [5.41, 5.74) is 4.56. The normalized spacial score (nSPS) is 15.9. The number of aryl methyl sites for hydroxylation is 1. The first-order valence-electron chi connectivity index (χ1n) is 14.4. The zero-order valence-corrected chi connectivity index (χ0v) is 23.8. The SMILES string of the molecule is O=C1CCc2ccc(OCCCCN3CCN(c4cccc5sccc45)CC3)cc2N1COCc1ccccc1. The van der Waals surface area contributed by atoms with Crippen LogP contribution in [0, 0.1) is 0 Å². The molecule has 6 nitrogen and oxygen atoms in total. The summed E-state index contributed by atoms with van der Waals surface area (Å²) in [6.45, 7) is 6.86. The van der Waals surface area contributed by atoms with Crippen LogP contribution in [-0.4, -0.2) is 56.9 Å². The molecule has 0 atom stereocenters. The molecule has 0 unspecified atom stereocenters. The van der Waals surface area contributed by atoms with Crippen LogP contribution >= 0.6 is 11.3 Å². The third kappa shape index (κ3) is 6.33. The van der Waals surface area contributed by atoms with Crippen LogP contribution in [0.1, 0.15) is 30.4 Å². The molecule has 2 aliphatic rings. The van der Waals surface area contributed by atoms with Crippen LogP contribution in [0.2, 0.25) is 0 Å². The number of benzene rings is 3. The largest absolute Gasteiger partial charge is 0.494 e. The molecule has 7 heteroatoms. The van der Waals surface area contributed by atoms with E-state index >= 15 is 0 Å². The predicted octanol–water partition coefficient (Wildman–Crippen LogP) is 6.34. The lowest BCUT2D eigenvalue weighted by molar-refractivity contribution is -0.120. The van der Waals surface area contributed by atoms with Crippen molar-refractivity contribution in [2.75, 3.05) is 55.9 Å². The van der Waals surface area contributed by atoms with Crippen molar-refractivity contribution in [3.63, 3.8) is 0 Å². The van der Waals surface area contributed by atoms with Crippen molar-refractivity contribution in [2.24, 2.45) is 0 Å². The summed E-state index contributed by atoms with van der Waals surface area (Å²) in [6.07, 6.45) is 3.40. The Labute approximate surface area is 240 Å². The molecule has 0 aliphatic carbocycles. The molecule has 0 radical (unpaired) electrons. The first kappa shape index (κ1) is 26.8. The number of nitrogens with zero attached hydrogens (tertiary/aromatic N) is 3. The van der Waals surface area contributed by atoms with E-state index in [1.54, 1.807) is 4.90 Å². The Morgan fingerprint density at radius 3 is 2.58 bits per heavy atom. The zero-order chi connectivity index (χ0) is 27.1. The van der Waals surface area contributed by atoms with Gasteiger partial charge in [-0.05, 0) is 66.6 Å². The molecule has 1 saturated heterocycles. The van der Waals surface area contributed by atoms with Crippen LogP contribution in [0.5, 0.6) is 5.75 Å². The van der Waals surface area contributed by atoms with Crippen LogP contribution < -0.4 is 14.5 Å². The van der Waals surface area contributed by atoms with Gasteiger partial charge in [0, 0.05) is 54.4 Å². The van der Waals surface area contributed by atoms with E-state index in [1.165, 1.54) is 21.3 Å². The number of ether oxygens (including phenoxy) is 2. The quantitative estimate of drug-likeness (QED) is 0.202. The molecule has 208 valence electrons. The van der Waals surface area contributed by atoms with Crippen LogP contribution in [0.15, 0.2) is 78.2 Å². The highest BCUT2D eigenvalue weighted by Crippen LogP contribution is 2.32. The van der Waals surface area contributed by atoms with E-state index in [-0.39, 0.29) is 12.6 Å². The Bertz CT molecular complexity index is 1420. The first-order chi connectivity index (χ1) is 19.7. The first-order valence-corrected chi connectivity index (χ1v) is 15.2. The molecule has 40 heavy (non-hydrogen) atoms. The van der Waals surface area contributed by atoms with E-state index in [1.807, 2.05) is 53.8 Å². The number of piperazine rings is 1. The number of rotatable bonds is 11. The molecule has 1 amide bonds. The minimum Gasteiger partial charge on any atom is -0.494 e. The molecule has 4 aromatic rings. The molecule has 0 saturated carbocycles. The highest BCUT2D eigenvalue weighted by molar-refractivity contribution is 7.17. The summed E-state index contributed by atoms with van der Waals surface area (Å²) in [6, 6.07) is 25.1. The second-order valence-electron chi connectivity index (χ2n) is 10.6. The number of hydrogen-bond acceptors (Lipinski definition) is 6. The van der Waals surface area contributed by atoms with Crippen LogP contribution in [0.3, 0.4) is 0 Å². The van der Waals surface area contributed by atoms with Gasteiger partial charge in [-0.2, -0.15) is 0 Å². The van der Waals surface area contributed by atoms with Crippen molar-refractivity contribution in [2.45, 2.75) is 32.3 Å². The maximum Gasteiger partial charge on any atom is 0.229 e. The van der Waals surface area contributed by atoms with Gasteiger partial charge in [0.1, 0.15) is 12.5 Å². The Morgan fingerprint density at radius 1 is 0.825 bits per heavy atom. The minimum atomic E-state index is 0.102. The molecule has 2 aliphatic heterocycles. The Morgan fingerprint density at radius 2 is 1.70 bits per heavy atom. The van der Waals surface area contributed by atoms with E-state index in [4.69, 9.17) is 9.47 Å². The van der Waals surface area contributed by atoms with Gasteiger partial charge in [-0.25, -0.2) is 0 Å². The lowest BCUT2D eigenvalue weighted by Crippen LogP contribution is -2.46. The fraction of sp³-hybridized carbons (Fsp3) is 0.364. The summed E-state index contributed by atoms with van der Waals surface area (Å²) < 4.78 is 13.4. The van der Waals surface area contributed by atoms with E-state index < -0.39 is 0 Å². The fourth-order valence-electron chi connectivity index (χ4n) is 5.67. The molecular weight excluding hydrogens is 518 g/mol. The van der Waals surface area contributed by atoms with Gasteiger partial charge in [-0.15, -0.1) is 11.3 Å². The number of unbranched alkanes of at least 4 members (excludes halogenated alkanes) is 1. The molecular formula is C33H37N3O3S. The number of anilines is 2. The summed E-state index contributed by atoms with van der Waals surface area (Å²) in [7, 11) is 0. The third-order valence-electron chi connectivity index (χ3n) is 7.91. The minimum absolute atomic E-state index is 0.102. The van der Waals surface area contributed by atoms with Gasteiger partial charge in [0.05, 0.1) is 18.9 Å². The lowest BCUT2D eigenvalue weighted by atomic mass is 10.0. The van der Waals surface area contributed by atoms with Crippen LogP contribution in [0.4, 0.5) is 11.4 Å². The van der Waals surface area contributed by atoms with Crippen LogP contribution in [0.25, 0.3) is 10.1 Å². The van der Waals surface area contributed by atoms with Crippen LogP contribution in [-0.2, 0) is 22.6 Å². The molecule has 1 fully saturated rings. The van der Waals surface area contributed by atoms with Gasteiger partial charge in [0.15, 0.2) is 0 Å². The third-order valence-corrected chi connectivity index (χ3v) is 8.79. The summed E-state index contributed by atoms with van der Waals surface area (Å²) >= 11 is 1.82. The summed E-state index contributed by atoms with van der Waals surface area (Å²) in [5.74, 6) is 0.919. The van der Waals surface area contributed by atoms with Crippen molar-refractivity contribution < 1.29 is 14.3 Å². The Kier molecular flexibility index (Phi) is 8.62. The summed E-state index contributed by atoms with van der Waals surface area (Å²) in [4.78, 5) is 19.6. The molecule has 0 N–H and O–H groups in total. The second kappa shape index (κ2) is 12.9. The van der Waals surface area contributed by atoms with E-state index in [2.05, 4.69) is 45.5 Å². The van der Waals surface area contributed by atoms with Gasteiger partial charge in [-0.1, -0.05) is 42.5 Å². The number of amides is 1. The molecule has 0 spiro atoms. The maximum absolute atomic E-state index is 12.7. The van der Waals surface area contributed by atoms with Gasteiger partial charge in [0.2, 0.25) is 5.91 Å². The lowest BCUT2D eigenvalue weighted by Gasteiger charge is -2.36. The molecule has 3 aromatic carbocycles. The van der Waals surface area contributed by atoms with E-state index in [0.717, 1.165) is 69.0 Å². The Balaban J connectivity index is 0.941. The number of thiophene rings is 1.